The van der Waals surface area contributed by atoms with E-state index in [0.717, 1.165) is 28.0 Å². The Morgan fingerprint density at radius 3 is 2.72 bits per heavy atom. The molecule has 0 saturated carbocycles. The number of para-hydroxylation sites is 1. The fourth-order valence-corrected chi connectivity index (χ4v) is 2.19. The summed E-state index contributed by atoms with van der Waals surface area (Å²) < 4.78 is 0. The number of aromatic amines is 1. The van der Waals surface area contributed by atoms with Gasteiger partial charge < -0.3 is 4.98 Å². The van der Waals surface area contributed by atoms with Crippen LogP contribution in [0.4, 0.5) is 0 Å². The number of imidazole rings is 1. The highest BCUT2D eigenvalue weighted by atomic mass is 14.9. The fourth-order valence-electron chi connectivity index (χ4n) is 2.19. The molecule has 0 bridgehead atoms. The molecule has 0 aliphatic carbocycles. The van der Waals surface area contributed by atoms with Crippen LogP contribution >= 0.6 is 0 Å². The number of aromatic nitrogens is 2. The predicted octanol–water partition coefficient (Wildman–Crippen LogP) is 4.18. The molecule has 88 valence electrons. The molecule has 2 heteroatoms. The van der Waals surface area contributed by atoms with Crippen molar-refractivity contribution in [2.45, 2.75) is 6.92 Å². The third-order valence-electron chi connectivity index (χ3n) is 3.15. The van der Waals surface area contributed by atoms with Crippen molar-refractivity contribution < 1.29 is 0 Å². The van der Waals surface area contributed by atoms with Gasteiger partial charge >= 0.3 is 0 Å². The zero-order chi connectivity index (χ0) is 12.5. The average Bonchev–Trinajstić information content (AvgIpc) is 2.84. The molecule has 0 saturated heterocycles. The van der Waals surface area contributed by atoms with Crippen LogP contribution in [0.3, 0.4) is 0 Å². The Morgan fingerprint density at radius 1 is 1.11 bits per heavy atom. The predicted molar refractivity (Wildman–Crippen MR) is 76.4 cm³/mol. The largest absolute Gasteiger partial charge is 0.338 e. The minimum Gasteiger partial charge on any atom is -0.338 e. The summed E-state index contributed by atoms with van der Waals surface area (Å²) >= 11 is 0. The minimum absolute atomic E-state index is 0.898. The molecule has 0 spiro atoms. The number of rotatable bonds is 2. The second-order valence-corrected chi connectivity index (χ2v) is 4.35. The lowest BCUT2D eigenvalue weighted by Gasteiger charge is -2.01. The van der Waals surface area contributed by atoms with E-state index in [4.69, 9.17) is 0 Å². The molecule has 1 heterocycles. The molecular formula is C16H14N2. The summed E-state index contributed by atoms with van der Waals surface area (Å²) in [4.78, 5) is 8.06. The van der Waals surface area contributed by atoms with Crippen LogP contribution in [0.2, 0.25) is 0 Å². The Morgan fingerprint density at radius 2 is 1.94 bits per heavy atom. The maximum absolute atomic E-state index is 4.69. The molecular weight excluding hydrogens is 220 g/mol. The maximum Gasteiger partial charge on any atom is 0.139 e. The van der Waals surface area contributed by atoms with Crippen LogP contribution < -0.4 is 0 Å². The normalized spacial score (nSPS) is 10.7. The fraction of sp³-hybridized carbons (Fsp3) is 0.0625. The van der Waals surface area contributed by atoms with Crippen LogP contribution in [0.15, 0.2) is 49.0 Å². The summed E-state index contributed by atoms with van der Waals surface area (Å²) in [7, 11) is 0. The van der Waals surface area contributed by atoms with E-state index in [9.17, 15) is 0 Å². The van der Waals surface area contributed by atoms with Crippen LogP contribution in [-0.2, 0) is 0 Å². The van der Waals surface area contributed by atoms with Gasteiger partial charge in [0.2, 0.25) is 0 Å². The van der Waals surface area contributed by atoms with Gasteiger partial charge in [0.05, 0.1) is 11.0 Å². The van der Waals surface area contributed by atoms with Gasteiger partial charge in [-0.2, -0.15) is 0 Å². The lowest BCUT2D eigenvalue weighted by atomic mass is 10.1. The van der Waals surface area contributed by atoms with Crippen molar-refractivity contribution in [3.05, 3.63) is 60.2 Å². The van der Waals surface area contributed by atoms with E-state index in [1.54, 1.807) is 0 Å². The smallest absolute Gasteiger partial charge is 0.139 e. The number of nitrogens with one attached hydrogen (secondary N) is 1. The maximum atomic E-state index is 4.69. The standard InChI is InChI=1S/C16H14N2/c1-3-12-8-4-5-9-13(12)16-17-14-10-6-7-11(2)15(14)18-16/h3-10H,1H2,2H3,(H,17,18). The molecule has 0 fully saturated rings. The van der Waals surface area contributed by atoms with E-state index in [1.165, 1.54) is 5.56 Å². The number of H-pyrrole nitrogens is 1. The van der Waals surface area contributed by atoms with Gasteiger partial charge in [0.25, 0.3) is 0 Å². The SMILES string of the molecule is C=Cc1ccccc1-c1nc2c(C)cccc2[nH]1. The number of aryl methyl sites for hydroxylation is 1. The van der Waals surface area contributed by atoms with Crippen molar-refractivity contribution in [1.29, 1.82) is 0 Å². The van der Waals surface area contributed by atoms with Gasteiger partial charge in [0.1, 0.15) is 5.82 Å². The summed E-state index contributed by atoms with van der Waals surface area (Å²) in [6.45, 7) is 5.92. The average molecular weight is 234 g/mol. The van der Waals surface area contributed by atoms with E-state index in [0.29, 0.717) is 0 Å². The Hall–Kier alpha value is -2.35. The second-order valence-electron chi connectivity index (χ2n) is 4.35. The molecule has 0 amide bonds. The summed E-state index contributed by atoms with van der Waals surface area (Å²) in [6.07, 6.45) is 1.86. The highest BCUT2D eigenvalue weighted by Gasteiger charge is 2.08. The number of hydrogen-bond donors (Lipinski definition) is 1. The molecule has 18 heavy (non-hydrogen) atoms. The van der Waals surface area contributed by atoms with Crippen molar-refractivity contribution in [3.63, 3.8) is 0 Å². The van der Waals surface area contributed by atoms with E-state index < -0.39 is 0 Å². The monoisotopic (exact) mass is 234 g/mol. The number of fused-ring (bicyclic) bond motifs is 1. The van der Waals surface area contributed by atoms with Crippen molar-refractivity contribution in [2.24, 2.45) is 0 Å². The van der Waals surface area contributed by atoms with Gasteiger partial charge in [-0.05, 0) is 24.1 Å². The number of hydrogen-bond acceptors (Lipinski definition) is 1. The zero-order valence-electron chi connectivity index (χ0n) is 10.3. The van der Waals surface area contributed by atoms with Gasteiger partial charge in [-0.25, -0.2) is 4.98 Å². The number of nitrogens with zero attached hydrogens (tertiary/aromatic N) is 1. The first-order chi connectivity index (χ1) is 8.79. The van der Waals surface area contributed by atoms with E-state index in [2.05, 4.69) is 41.7 Å². The Labute approximate surface area is 106 Å². The van der Waals surface area contributed by atoms with Crippen molar-refractivity contribution >= 4 is 17.1 Å². The molecule has 1 aromatic heterocycles. The molecule has 2 aromatic carbocycles. The second kappa shape index (κ2) is 4.15. The van der Waals surface area contributed by atoms with Crippen LogP contribution in [0.5, 0.6) is 0 Å². The Kier molecular flexibility index (Phi) is 2.49. The minimum atomic E-state index is 0.898. The van der Waals surface area contributed by atoms with E-state index >= 15 is 0 Å². The summed E-state index contributed by atoms with van der Waals surface area (Å²) in [6, 6.07) is 14.3. The quantitative estimate of drug-likeness (QED) is 0.708. The van der Waals surface area contributed by atoms with Crippen LogP contribution in [-0.4, -0.2) is 9.97 Å². The highest BCUT2D eigenvalue weighted by Crippen LogP contribution is 2.25. The lowest BCUT2D eigenvalue weighted by Crippen LogP contribution is -1.84. The van der Waals surface area contributed by atoms with Gasteiger partial charge in [-0.3, -0.25) is 0 Å². The molecule has 2 nitrogen and oxygen atoms in total. The first kappa shape index (κ1) is 10.8. The van der Waals surface area contributed by atoms with Crippen LogP contribution in [0.1, 0.15) is 11.1 Å². The number of benzene rings is 2. The van der Waals surface area contributed by atoms with Crippen LogP contribution in [0, 0.1) is 6.92 Å². The summed E-state index contributed by atoms with van der Waals surface area (Å²) in [5.74, 6) is 0.898. The van der Waals surface area contributed by atoms with Crippen molar-refractivity contribution in [2.75, 3.05) is 0 Å². The molecule has 0 radical (unpaired) electrons. The van der Waals surface area contributed by atoms with Crippen LogP contribution in [0.25, 0.3) is 28.5 Å². The molecule has 3 rings (SSSR count). The molecule has 3 aromatic rings. The van der Waals surface area contributed by atoms with Gasteiger partial charge in [-0.15, -0.1) is 0 Å². The van der Waals surface area contributed by atoms with Gasteiger partial charge in [0, 0.05) is 5.56 Å². The Balaban J connectivity index is 2.26. The Bertz CT molecular complexity index is 723. The van der Waals surface area contributed by atoms with Gasteiger partial charge in [0.15, 0.2) is 0 Å². The van der Waals surface area contributed by atoms with Gasteiger partial charge in [-0.1, -0.05) is 49.1 Å². The van der Waals surface area contributed by atoms with E-state index in [-0.39, 0.29) is 0 Å². The molecule has 0 unspecified atom stereocenters. The zero-order valence-corrected chi connectivity index (χ0v) is 10.3. The third kappa shape index (κ3) is 1.63. The topological polar surface area (TPSA) is 28.7 Å². The summed E-state index contributed by atoms with van der Waals surface area (Å²) in [5.41, 5.74) is 5.47. The third-order valence-corrected chi connectivity index (χ3v) is 3.15. The van der Waals surface area contributed by atoms with Crippen molar-refractivity contribution in [3.8, 4) is 11.4 Å². The molecule has 0 aliphatic rings. The highest BCUT2D eigenvalue weighted by molar-refractivity contribution is 5.83. The lowest BCUT2D eigenvalue weighted by molar-refractivity contribution is 1.33. The van der Waals surface area contributed by atoms with E-state index in [1.807, 2.05) is 30.3 Å². The molecule has 1 N–H and O–H groups in total. The molecule has 0 atom stereocenters. The molecule has 0 aliphatic heterocycles. The summed E-state index contributed by atoms with van der Waals surface area (Å²) in [5, 5.41) is 0. The first-order valence-corrected chi connectivity index (χ1v) is 5.97. The van der Waals surface area contributed by atoms with Crippen molar-refractivity contribution in [1.82, 2.24) is 9.97 Å². The first-order valence-electron chi connectivity index (χ1n) is 5.97.